The van der Waals surface area contributed by atoms with Crippen LogP contribution in [0.5, 0.6) is 0 Å². The van der Waals surface area contributed by atoms with Crippen molar-refractivity contribution in [1.82, 2.24) is 14.9 Å². The molecular formula is C14H15N5S. The molecule has 1 aliphatic rings. The Balaban J connectivity index is 1.79. The summed E-state index contributed by atoms with van der Waals surface area (Å²) in [5.41, 5.74) is 6.20. The Kier molecular flexibility index (Phi) is 3.47. The van der Waals surface area contributed by atoms with Crippen LogP contribution in [0.4, 0.5) is 5.82 Å². The molecule has 1 N–H and O–H groups in total. The first-order valence-electron chi connectivity index (χ1n) is 6.30. The van der Waals surface area contributed by atoms with Gasteiger partial charge in [0.2, 0.25) is 0 Å². The highest BCUT2D eigenvalue weighted by molar-refractivity contribution is 7.18. The van der Waals surface area contributed by atoms with E-state index in [2.05, 4.69) is 49.1 Å². The SMILES string of the molecule is Cc1csc2c(NN=CC3=CN(C)CC=C3)ncnc12. The predicted molar refractivity (Wildman–Crippen MR) is 84.1 cm³/mol. The largest absolute Gasteiger partial charge is 0.376 e. The van der Waals surface area contributed by atoms with Crippen molar-refractivity contribution in [2.24, 2.45) is 5.10 Å². The topological polar surface area (TPSA) is 53.4 Å². The molecule has 0 aromatic carbocycles. The lowest BCUT2D eigenvalue weighted by Crippen LogP contribution is -2.14. The van der Waals surface area contributed by atoms with E-state index in [9.17, 15) is 0 Å². The van der Waals surface area contributed by atoms with Gasteiger partial charge in [0, 0.05) is 25.4 Å². The van der Waals surface area contributed by atoms with E-state index in [0.717, 1.165) is 28.2 Å². The number of thiophene rings is 1. The van der Waals surface area contributed by atoms with Crippen molar-refractivity contribution >= 4 is 33.6 Å². The number of likely N-dealkylation sites (N-methyl/N-ethyl adjacent to an activating group) is 1. The molecule has 0 amide bonds. The maximum Gasteiger partial charge on any atom is 0.167 e. The number of hydrogen-bond donors (Lipinski definition) is 1. The number of allylic oxidation sites excluding steroid dienone is 2. The van der Waals surface area contributed by atoms with E-state index in [1.54, 1.807) is 23.9 Å². The van der Waals surface area contributed by atoms with Crippen LogP contribution in [0.2, 0.25) is 0 Å². The van der Waals surface area contributed by atoms with Gasteiger partial charge in [-0.15, -0.1) is 11.3 Å². The van der Waals surface area contributed by atoms with Gasteiger partial charge in [-0.3, -0.25) is 5.43 Å². The molecule has 0 saturated heterocycles. The van der Waals surface area contributed by atoms with Crippen molar-refractivity contribution in [3.63, 3.8) is 0 Å². The van der Waals surface area contributed by atoms with Crippen LogP contribution in [0.15, 0.2) is 40.7 Å². The molecule has 1 aliphatic heterocycles. The summed E-state index contributed by atoms with van der Waals surface area (Å²) in [4.78, 5) is 10.6. The summed E-state index contributed by atoms with van der Waals surface area (Å²) in [6.45, 7) is 2.98. The van der Waals surface area contributed by atoms with E-state index in [1.807, 2.05) is 14.0 Å². The van der Waals surface area contributed by atoms with Crippen molar-refractivity contribution in [3.8, 4) is 0 Å². The first-order valence-corrected chi connectivity index (χ1v) is 7.18. The molecule has 0 aliphatic carbocycles. The van der Waals surface area contributed by atoms with Gasteiger partial charge in [-0.25, -0.2) is 9.97 Å². The molecule has 20 heavy (non-hydrogen) atoms. The molecule has 2 aromatic heterocycles. The monoisotopic (exact) mass is 285 g/mol. The van der Waals surface area contributed by atoms with Crippen LogP contribution in [-0.2, 0) is 0 Å². The predicted octanol–water partition coefficient (Wildman–Crippen LogP) is 2.78. The minimum atomic E-state index is 0.748. The highest BCUT2D eigenvalue weighted by atomic mass is 32.1. The van der Waals surface area contributed by atoms with E-state index in [0.29, 0.717) is 0 Å². The standard InChI is InChI=1S/C14H15N5S/c1-10-8-20-13-12(10)15-9-16-14(13)18-17-6-11-4-3-5-19(2)7-11/h3-4,6-9H,5H2,1-2H3,(H,15,16,18). The van der Waals surface area contributed by atoms with Crippen molar-refractivity contribution in [1.29, 1.82) is 0 Å². The van der Waals surface area contributed by atoms with Gasteiger partial charge in [0.25, 0.3) is 0 Å². The fourth-order valence-electron chi connectivity index (χ4n) is 2.00. The van der Waals surface area contributed by atoms with Crippen LogP contribution < -0.4 is 5.43 Å². The zero-order valence-corrected chi connectivity index (χ0v) is 12.2. The van der Waals surface area contributed by atoms with Crippen molar-refractivity contribution in [2.45, 2.75) is 6.92 Å². The van der Waals surface area contributed by atoms with E-state index in [-0.39, 0.29) is 0 Å². The summed E-state index contributed by atoms with van der Waals surface area (Å²) in [5.74, 6) is 0.748. The Hall–Kier alpha value is -2.21. The summed E-state index contributed by atoms with van der Waals surface area (Å²) in [6, 6.07) is 0. The number of nitrogens with one attached hydrogen (secondary N) is 1. The van der Waals surface area contributed by atoms with Crippen LogP contribution in [0.25, 0.3) is 10.2 Å². The van der Waals surface area contributed by atoms with Gasteiger partial charge in [-0.2, -0.15) is 5.10 Å². The number of hydrogen-bond acceptors (Lipinski definition) is 6. The van der Waals surface area contributed by atoms with Crippen molar-refractivity contribution < 1.29 is 0 Å². The highest BCUT2D eigenvalue weighted by Gasteiger charge is 2.07. The Morgan fingerprint density at radius 2 is 2.35 bits per heavy atom. The molecule has 0 unspecified atom stereocenters. The molecule has 0 bridgehead atoms. The normalized spacial score (nSPS) is 15.1. The minimum absolute atomic E-state index is 0.748. The van der Waals surface area contributed by atoms with E-state index >= 15 is 0 Å². The molecule has 102 valence electrons. The second kappa shape index (κ2) is 5.42. The molecule has 5 nitrogen and oxygen atoms in total. The van der Waals surface area contributed by atoms with E-state index in [4.69, 9.17) is 0 Å². The fourth-order valence-corrected chi connectivity index (χ4v) is 2.94. The molecule has 0 saturated carbocycles. The van der Waals surface area contributed by atoms with Crippen LogP contribution >= 0.6 is 11.3 Å². The molecule has 3 heterocycles. The molecule has 0 radical (unpaired) electrons. The molecule has 2 aromatic rings. The quantitative estimate of drug-likeness (QED) is 0.696. The zero-order chi connectivity index (χ0) is 13.9. The van der Waals surface area contributed by atoms with Crippen LogP contribution in [-0.4, -0.2) is 34.7 Å². The minimum Gasteiger partial charge on any atom is -0.376 e. The summed E-state index contributed by atoms with van der Waals surface area (Å²) < 4.78 is 1.03. The lowest BCUT2D eigenvalue weighted by molar-refractivity contribution is 0.503. The number of aryl methyl sites for hydroxylation is 1. The van der Waals surface area contributed by atoms with E-state index in [1.165, 1.54) is 5.56 Å². The molecule has 6 heteroatoms. The second-order valence-corrected chi connectivity index (χ2v) is 5.54. The van der Waals surface area contributed by atoms with Gasteiger partial charge in [0.1, 0.15) is 6.33 Å². The maximum absolute atomic E-state index is 4.29. The smallest absolute Gasteiger partial charge is 0.167 e. The third kappa shape index (κ3) is 2.55. The van der Waals surface area contributed by atoms with Gasteiger partial charge in [-0.1, -0.05) is 12.2 Å². The van der Waals surface area contributed by atoms with Gasteiger partial charge < -0.3 is 4.90 Å². The lowest BCUT2D eigenvalue weighted by Gasteiger charge is -2.15. The Morgan fingerprint density at radius 3 is 3.20 bits per heavy atom. The number of anilines is 1. The van der Waals surface area contributed by atoms with Crippen LogP contribution in [0.1, 0.15) is 5.56 Å². The molecule has 0 spiro atoms. The van der Waals surface area contributed by atoms with Crippen molar-refractivity contribution in [2.75, 3.05) is 19.0 Å². The van der Waals surface area contributed by atoms with Gasteiger partial charge in [-0.05, 0) is 17.9 Å². The van der Waals surface area contributed by atoms with Crippen LogP contribution in [0.3, 0.4) is 0 Å². The Bertz CT molecular complexity index is 713. The molecule has 0 atom stereocenters. The number of aromatic nitrogens is 2. The van der Waals surface area contributed by atoms with E-state index < -0.39 is 0 Å². The Labute approximate surface area is 121 Å². The molecule has 3 rings (SSSR count). The van der Waals surface area contributed by atoms with Gasteiger partial charge in [0.05, 0.1) is 16.4 Å². The average molecular weight is 285 g/mol. The zero-order valence-electron chi connectivity index (χ0n) is 11.4. The molecule has 0 fully saturated rings. The summed E-state index contributed by atoms with van der Waals surface area (Å²) >= 11 is 1.63. The Morgan fingerprint density at radius 1 is 1.45 bits per heavy atom. The average Bonchev–Trinajstić information content (AvgIpc) is 2.82. The summed E-state index contributed by atoms with van der Waals surface area (Å²) in [5, 5.41) is 6.33. The fraction of sp³-hybridized carbons (Fsp3) is 0.214. The first-order chi connectivity index (χ1) is 9.74. The van der Waals surface area contributed by atoms with Gasteiger partial charge in [0.15, 0.2) is 5.82 Å². The first kappa shape index (κ1) is 12.8. The third-order valence-electron chi connectivity index (χ3n) is 2.99. The lowest BCUT2D eigenvalue weighted by atomic mass is 10.2. The second-order valence-electron chi connectivity index (χ2n) is 4.66. The summed E-state index contributed by atoms with van der Waals surface area (Å²) in [7, 11) is 2.03. The number of rotatable bonds is 3. The van der Waals surface area contributed by atoms with Crippen molar-refractivity contribution in [3.05, 3.63) is 41.2 Å². The molecular weight excluding hydrogens is 270 g/mol. The number of hydrazone groups is 1. The highest BCUT2D eigenvalue weighted by Crippen LogP contribution is 2.28. The van der Waals surface area contributed by atoms with Crippen LogP contribution in [0, 0.1) is 6.92 Å². The third-order valence-corrected chi connectivity index (χ3v) is 4.08. The van der Waals surface area contributed by atoms with Gasteiger partial charge >= 0.3 is 0 Å². The summed E-state index contributed by atoms with van der Waals surface area (Å²) in [6.07, 6.45) is 9.56. The maximum atomic E-state index is 4.29. The number of fused-ring (bicyclic) bond motifs is 1. The number of nitrogens with zero attached hydrogens (tertiary/aromatic N) is 4.